The van der Waals surface area contributed by atoms with E-state index in [1.54, 1.807) is 0 Å². The third-order valence-electron chi connectivity index (χ3n) is 0.244. The lowest BCUT2D eigenvalue weighted by Crippen LogP contribution is -2.18. The summed E-state index contributed by atoms with van der Waals surface area (Å²) in [4.78, 5) is 18.7. The van der Waals surface area contributed by atoms with E-state index in [9.17, 15) is 4.79 Å². The van der Waals surface area contributed by atoms with Crippen LogP contribution >= 0.6 is 0 Å². The number of urea groups is 1. The normalized spacial score (nSPS) is 6.00. The van der Waals surface area contributed by atoms with Gasteiger partial charge < -0.3 is 17.2 Å². The fourth-order valence-corrected chi connectivity index (χ4v) is 0.101. The molecule has 0 aliphatic carbocycles. The zero-order chi connectivity index (χ0) is 8.57. The summed E-state index contributed by atoms with van der Waals surface area (Å²) in [5.41, 5.74) is 15.3. The highest BCUT2D eigenvalue weighted by atomic mass is 16.2. The molecule has 5 nitrogen and oxygen atoms in total. The Morgan fingerprint density at radius 1 is 1.30 bits per heavy atom. The summed E-state index contributed by atoms with van der Waals surface area (Å²) in [5, 5.41) is 0. The van der Waals surface area contributed by atoms with Gasteiger partial charge in [0.05, 0.1) is 0 Å². The molecule has 0 atom stereocenters. The molecule has 0 spiro atoms. The molecule has 0 unspecified atom stereocenters. The second-order valence-corrected chi connectivity index (χ2v) is 1.15. The fourth-order valence-electron chi connectivity index (χ4n) is 0.101. The summed E-state index contributed by atoms with van der Waals surface area (Å²) in [6, 6.07) is -0.833. The third kappa shape index (κ3) is 109. The van der Waals surface area contributed by atoms with Gasteiger partial charge in [-0.1, -0.05) is 6.58 Å². The molecule has 6 N–H and O–H groups in total. The number of amides is 3. The van der Waals surface area contributed by atoms with E-state index in [0.717, 1.165) is 6.08 Å². The van der Waals surface area contributed by atoms with E-state index < -0.39 is 11.9 Å². The van der Waals surface area contributed by atoms with Crippen LogP contribution in [0, 0.1) is 0 Å². The molecule has 0 aliphatic rings. The minimum atomic E-state index is -0.833. The average molecular weight is 143 g/mol. The first kappa shape index (κ1) is 11.1. The molecular formula is C5H9N3O2. The fraction of sp³-hybridized carbons (Fsp3) is 0. The zero-order valence-corrected chi connectivity index (χ0v) is 5.33. The maximum atomic E-state index is 9.66. The van der Waals surface area contributed by atoms with Crippen LogP contribution in [-0.4, -0.2) is 11.9 Å². The Morgan fingerprint density at radius 2 is 1.60 bits per heavy atom. The number of carbonyl (C=O) groups is 2. The van der Waals surface area contributed by atoms with Crippen molar-refractivity contribution in [3.63, 3.8) is 0 Å². The highest BCUT2D eigenvalue weighted by Gasteiger charge is 1.72. The Hall–Kier alpha value is -1.74. The van der Waals surface area contributed by atoms with Crippen LogP contribution in [0.15, 0.2) is 18.4 Å². The van der Waals surface area contributed by atoms with Crippen LogP contribution in [0.25, 0.3) is 0 Å². The van der Waals surface area contributed by atoms with E-state index in [1.165, 1.54) is 0 Å². The monoisotopic (exact) mass is 143 g/mol. The van der Waals surface area contributed by atoms with E-state index in [4.69, 9.17) is 4.79 Å². The molecule has 0 saturated carbocycles. The van der Waals surface area contributed by atoms with E-state index in [-0.39, 0.29) is 0 Å². The van der Waals surface area contributed by atoms with Gasteiger partial charge in [0, 0.05) is 6.08 Å². The molecule has 0 aromatic rings. The topological polar surface area (TPSA) is 112 Å². The van der Waals surface area contributed by atoms with Crippen molar-refractivity contribution < 1.29 is 9.59 Å². The first-order valence-electron chi connectivity index (χ1n) is 2.21. The van der Waals surface area contributed by atoms with Crippen molar-refractivity contribution in [2.24, 2.45) is 17.2 Å². The first-order chi connectivity index (χ1) is 4.50. The summed E-state index contributed by atoms with van der Waals surface area (Å²) in [5.74, 6) is -0.509. The standard InChI is InChI=1S/C4H5NO.CH4N2O/c1-2-3-4(5)6;2-1(3)4/h3H,1H2,(H2,5,6);(H4,2,3,4). The van der Waals surface area contributed by atoms with Crippen molar-refractivity contribution in [1.82, 2.24) is 0 Å². The predicted molar refractivity (Wildman–Crippen MR) is 36.7 cm³/mol. The minimum absolute atomic E-state index is 0.509. The summed E-state index contributed by atoms with van der Waals surface area (Å²) in [7, 11) is 0. The highest BCUT2D eigenvalue weighted by molar-refractivity contribution is 5.85. The summed E-state index contributed by atoms with van der Waals surface area (Å²) in [6.45, 7) is 3.12. The molecule has 0 aliphatic heterocycles. The minimum Gasteiger partial charge on any atom is -0.366 e. The van der Waals surface area contributed by atoms with Gasteiger partial charge in [-0.25, -0.2) is 4.79 Å². The van der Waals surface area contributed by atoms with Gasteiger partial charge in [-0.3, -0.25) is 4.79 Å². The molecule has 0 rings (SSSR count). The van der Waals surface area contributed by atoms with E-state index in [0.29, 0.717) is 0 Å². The smallest absolute Gasteiger partial charge is 0.309 e. The van der Waals surface area contributed by atoms with Crippen LogP contribution in [0.4, 0.5) is 4.79 Å². The number of primary amides is 3. The molecule has 0 heterocycles. The molecule has 0 saturated heterocycles. The van der Waals surface area contributed by atoms with Crippen molar-refractivity contribution >= 4 is 11.9 Å². The number of hydrogen-bond acceptors (Lipinski definition) is 2. The van der Waals surface area contributed by atoms with Crippen LogP contribution < -0.4 is 17.2 Å². The van der Waals surface area contributed by atoms with Gasteiger partial charge in [0.2, 0.25) is 5.91 Å². The molecular weight excluding hydrogens is 134 g/mol. The molecule has 0 bridgehead atoms. The largest absolute Gasteiger partial charge is 0.366 e. The lowest BCUT2D eigenvalue weighted by atomic mass is 10.6. The molecule has 0 aromatic heterocycles. The lowest BCUT2D eigenvalue weighted by Gasteiger charge is -1.66. The van der Waals surface area contributed by atoms with Gasteiger partial charge in [-0.05, 0) is 0 Å². The molecule has 56 valence electrons. The van der Waals surface area contributed by atoms with Crippen LogP contribution in [0.1, 0.15) is 0 Å². The summed E-state index contributed by atoms with van der Waals surface area (Å²) >= 11 is 0. The van der Waals surface area contributed by atoms with Crippen molar-refractivity contribution in [3.05, 3.63) is 18.4 Å². The van der Waals surface area contributed by atoms with E-state index in [2.05, 4.69) is 29.5 Å². The Labute approximate surface area is 58.2 Å². The maximum absolute atomic E-state index is 9.66. The Morgan fingerprint density at radius 3 is 1.60 bits per heavy atom. The first-order valence-corrected chi connectivity index (χ1v) is 2.21. The van der Waals surface area contributed by atoms with Gasteiger partial charge >= 0.3 is 6.03 Å². The average Bonchev–Trinajstić information content (AvgIpc) is 1.62. The molecule has 0 aromatic carbocycles. The van der Waals surface area contributed by atoms with Crippen LogP contribution in [-0.2, 0) is 4.79 Å². The zero-order valence-electron chi connectivity index (χ0n) is 5.33. The van der Waals surface area contributed by atoms with E-state index in [1.807, 2.05) is 0 Å². The number of nitrogens with two attached hydrogens (primary N) is 3. The van der Waals surface area contributed by atoms with Crippen LogP contribution in [0.5, 0.6) is 0 Å². The lowest BCUT2D eigenvalue weighted by molar-refractivity contribution is -0.113. The van der Waals surface area contributed by atoms with Crippen molar-refractivity contribution in [3.8, 4) is 0 Å². The number of rotatable bonds is 1. The summed E-state index contributed by atoms with van der Waals surface area (Å²) in [6.07, 6.45) is 1.07. The predicted octanol–water partition coefficient (Wildman–Crippen LogP) is -1.16. The third-order valence-corrected chi connectivity index (χ3v) is 0.244. The Balaban J connectivity index is 0. The molecule has 0 radical (unpaired) electrons. The van der Waals surface area contributed by atoms with Crippen molar-refractivity contribution in [2.45, 2.75) is 0 Å². The second kappa shape index (κ2) is 7.26. The molecule has 10 heavy (non-hydrogen) atoms. The summed E-state index contributed by atoms with van der Waals surface area (Å²) < 4.78 is 0. The maximum Gasteiger partial charge on any atom is 0.309 e. The van der Waals surface area contributed by atoms with Gasteiger partial charge in [-0.2, -0.15) is 0 Å². The Bertz CT molecular complexity index is 166. The van der Waals surface area contributed by atoms with Crippen molar-refractivity contribution in [2.75, 3.05) is 0 Å². The van der Waals surface area contributed by atoms with E-state index >= 15 is 0 Å². The Kier molecular flexibility index (Phi) is 8.07. The molecule has 5 heteroatoms. The van der Waals surface area contributed by atoms with Gasteiger partial charge in [-0.15, -0.1) is 5.73 Å². The number of hydrogen-bond donors (Lipinski definition) is 3. The SMILES string of the molecule is C=C=CC(N)=O.NC(N)=O. The van der Waals surface area contributed by atoms with Crippen molar-refractivity contribution in [1.29, 1.82) is 0 Å². The van der Waals surface area contributed by atoms with Gasteiger partial charge in [0.25, 0.3) is 0 Å². The van der Waals surface area contributed by atoms with Crippen LogP contribution in [0.2, 0.25) is 0 Å². The van der Waals surface area contributed by atoms with Gasteiger partial charge in [0.1, 0.15) is 0 Å². The number of carbonyl (C=O) groups excluding carboxylic acids is 2. The highest BCUT2D eigenvalue weighted by Crippen LogP contribution is 1.54. The molecule has 0 fully saturated rings. The van der Waals surface area contributed by atoms with Crippen LogP contribution in [0.3, 0.4) is 0 Å². The molecule has 3 amide bonds. The second-order valence-electron chi connectivity index (χ2n) is 1.15. The quantitative estimate of drug-likeness (QED) is 0.317. The van der Waals surface area contributed by atoms with Gasteiger partial charge in [0.15, 0.2) is 0 Å².